The maximum Gasteiger partial charge on any atom is 0.224 e. The summed E-state index contributed by atoms with van der Waals surface area (Å²) in [6.45, 7) is 7.76. The van der Waals surface area contributed by atoms with Crippen LogP contribution in [0.5, 0.6) is 0 Å². The molecular formula is C19H29ClN2O3S2. The van der Waals surface area contributed by atoms with Gasteiger partial charge in [-0.25, -0.2) is 12.7 Å². The quantitative estimate of drug-likeness (QED) is 0.669. The van der Waals surface area contributed by atoms with Crippen molar-refractivity contribution in [3.05, 3.63) is 34.9 Å². The normalized spacial score (nSPS) is 19.0. The number of rotatable bonds is 7. The van der Waals surface area contributed by atoms with Gasteiger partial charge < -0.3 is 5.32 Å². The summed E-state index contributed by atoms with van der Waals surface area (Å²) in [7, 11) is -3.45. The number of benzene rings is 1. The lowest BCUT2D eigenvalue weighted by Gasteiger charge is -2.31. The lowest BCUT2D eigenvalue weighted by atomic mass is 9.99. The molecule has 0 aromatic heterocycles. The lowest BCUT2D eigenvalue weighted by molar-refractivity contribution is -0.125. The molecule has 1 aromatic carbocycles. The minimum atomic E-state index is -3.45. The summed E-state index contributed by atoms with van der Waals surface area (Å²) < 4.78 is 27.1. The first kappa shape index (κ1) is 22.5. The Morgan fingerprint density at radius 2 is 1.96 bits per heavy atom. The first-order valence-electron chi connectivity index (χ1n) is 9.21. The van der Waals surface area contributed by atoms with Crippen molar-refractivity contribution in [2.75, 3.05) is 25.4 Å². The maximum atomic E-state index is 12.7. The first-order valence-corrected chi connectivity index (χ1v) is 12.2. The van der Waals surface area contributed by atoms with E-state index in [1.54, 1.807) is 36.0 Å². The molecule has 2 rings (SSSR count). The van der Waals surface area contributed by atoms with E-state index < -0.39 is 10.0 Å². The number of halogens is 1. The molecule has 0 spiro atoms. The molecule has 1 aliphatic rings. The number of hydrogen-bond donors (Lipinski definition) is 1. The second-order valence-corrected chi connectivity index (χ2v) is 12.2. The highest BCUT2D eigenvalue weighted by molar-refractivity contribution is 8.00. The zero-order chi connectivity index (χ0) is 20.1. The van der Waals surface area contributed by atoms with Crippen molar-refractivity contribution in [1.29, 1.82) is 0 Å². The number of sulfonamides is 1. The third-order valence-electron chi connectivity index (χ3n) is 4.35. The molecule has 1 atom stereocenters. The van der Waals surface area contributed by atoms with Gasteiger partial charge in [0.2, 0.25) is 15.9 Å². The molecule has 0 bridgehead atoms. The number of nitrogens with zero attached hydrogens (tertiary/aromatic N) is 1. The fourth-order valence-corrected chi connectivity index (χ4v) is 5.52. The Kier molecular flexibility index (Phi) is 8.04. The Balaban J connectivity index is 1.88. The molecule has 1 aliphatic heterocycles. The van der Waals surface area contributed by atoms with Crippen LogP contribution in [0, 0.1) is 5.92 Å². The van der Waals surface area contributed by atoms with Gasteiger partial charge in [0.05, 0.1) is 11.7 Å². The van der Waals surface area contributed by atoms with E-state index in [1.807, 2.05) is 0 Å². The first-order chi connectivity index (χ1) is 12.6. The van der Waals surface area contributed by atoms with Crippen LogP contribution in [0.1, 0.15) is 39.2 Å². The number of hydrogen-bond acceptors (Lipinski definition) is 4. The Labute approximate surface area is 172 Å². The smallest absolute Gasteiger partial charge is 0.224 e. The fourth-order valence-electron chi connectivity index (χ4n) is 2.97. The van der Waals surface area contributed by atoms with E-state index in [0.717, 1.165) is 12.2 Å². The van der Waals surface area contributed by atoms with Crippen LogP contribution in [0.4, 0.5) is 0 Å². The fraction of sp³-hybridized carbons (Fsp3) is 0.632. The highest BCUT2D eigenvalue weighted by Crippen LogP contribution is 2.23. The topological polar surface area (TPSA) is 66.5 Å². The van der Waals surface area contributed by atoms with Gasteiger partial charge in [-0.05, 0) is 30.5 Å². The number of piperidine rings is 1. The predicted molar refractivity (Wildman–Crippen MR) is 114 cm³/mol. The van der Waals surface area contributed by atoms with Gasteiger partial charge in [-0.1, -0.05) is 44.5 Å². The summed E-state index contributed by atoms with van der Waals surface area (Å²) in [5.41, 5.74) is 0.699. The van der Waals surface area contributed by atoms with Crippen molar-refractivity contribution in [2.24, 2.45) is 5.92 Å². The second kappa shape index (κ2) is 9.63. The molecule has 0 saturated carbocycles. The summed E-state index contributed by atoms with van der Waals surface area (Å²) in [6, 6.07) is 6.82. The highest BCUT2D eigenvalue weighted by atomic mass is 35.5. The minimum absolute atomic E-state index is 0.0455. The van der Waals surface area contributed by atoms with Gasteiger partial charge in [0.1, 0.15) is 0 Å². The molecule has 1 aromatic rings. The number of carbonyl (C=O) groups is 1. The summed E-state index contributed by atoms with van der Waals surface area (Å²) in [4.78, 5) is 12.4. The van der Waals surface area contributed by atoms with Crippen molar-refractivity contribution in [1.82, 2.24) is 9.62 Å². The van der Waals surface area contributed by atoms with Crippen molar-refractivity contribution in [2.45, 2.75) is 44.1 Å². The number of thioether (sulfide) groups is 1. The minimum Gasteiger partial charge on any atom is -0.355 e. The van der Waals surface area contributed by atoms with Crippen LogP contribution >= 0.6 is 23.4 Å². The van der Waals surface area contributed by atoms with Gasteiger partial charge in [0, 0.05) is 35.2 Å². The third kappa shape index (κ3) is 7.64. The number of carbonyl (C=O) groups excluding carboxylic acids is 1. The molecule has 1 amide bonds. The van der Waals surface area contributed by atoms with E-state index in [2.05, 4.69) is 26.1 Å². The average Bonchev–Trinajstić information content (AvgIpc) is 2.60. The highest BCUT2D eigenvalue weighted by Gasteiger charge is 2.32. The van der Waals surface area contributed by atoms with Crippen molar-refractivity contribution < 1.29 is 13.2 Å². The molecule has 1 saturated heterocycles. The Hall–Kier alpha value is -0.760. The zero-order valence-electron chi connectivity index (χ0n) is 16.2. The zero-order valence-corrected chi connectivity index (χ0v) is 18.6. The number of nitrogens with one attached hydrogen (secondary N) is 1. The van der Waals surface area contributed by atoms with Crippen LogP contribution in [0.3, 0.4) is 0 Å². The van der Waals surface area contributed by atoms with Crippen LogP contribution in [0.15, 0.2) is 24.3 Å². The standard InChI is InChI=1S/C19H29ClN2O3S2/c1-19(2,3)26-12-10-21-18(23)16-5-4-11-22(13-16)27(24,25)14-15-6-8-17(20)9-7-15/h6-9,16H,4-5,10-14H2,1-3H3,(H,21,23). The molecule has 1 unspecified atom stereocenters. The van der Waals surface area contributed by atoms with Crippen molar-refractivity contribution in [3.63, 3.8) is 0 Å². The van der Waals surface area contributed by atoms with Crippen LogP contribution in [0.25, 0.3) is 0 Å². The largest absolute Gasteiger partial charge is 0.355 e. The lowest BCUT2D eigenvalue weighted by Crippen LogP contribution is -2.46. The Morgan fingerprint density at radius 3 is 2.59 bits per heavy atom. The molecule has 27 heavy (non-hydrogen) atoms. The van der Waals surface area contributed by atoms with E-state index >= 15 is 0 Å². The molecule has 1 heterocycles. The molecule has 8 heteroatoms. The molecule has 1 N–H and O–H groups in total. The Bertz CT molecular complexity index is 730. The predicted octanol–water partition coefficient (Wildman–Crippen LogP) is 3.53. The molecule has 1 fully saturated rings. The van der Waals surface area contributed by atoms with E-state index in [0.29, 0.717) is 30.1 Å². The van der Waals surface area contributed by atoms with Crippen molar-refractivity contribution >= 4 is 39.3 Å². The third-order valence-corrected chi connectivity index (χ3v) is 7.69. The second-order valence-electron chi connectivity index (χ2n) is 7.83. The van der Waals surface area contributed by atoms with Gasteiger partial charge in [-0.2, -0.15) is 11.8 Å². The van der Waals surface area contributed by atoms with E-state index in [-0.39, 0.29) is 28.9 Å². The Morgan fingerprint density at radius 1 is 1.30 bits per heavy atom. The van der Waals surface area contributed by atoms with E-state index in [4.69, 9.17) is 11.6 Å². The van der Waals surface area contributed by atoms with Crippen LogP contribution in [-0.2, 0) is 20.6 Å². The van der Waals surface area contributed by atoms with E-state index in [9.17, 15) is 13.2 Å². The molecule has 0 radical (unpaired) electrons. The van der Waals surface area contributed by atoms with Gasteiger partial charge in [0.15, 0.2) is 0 Å². The van der Waals surface area contributed by atoms with Gasteiger partial charge in [-0.15, -0.1) is 0 Å². The molecule has 152 valence electrons. The maximum absolute atomic E-state index is 12.7. The summed E-state index contributed by atoms with van der Waals surface area (Å²) >= 11 is 7.66. The van der Waals surface area contributed by atoms with Gasteiger partial charge in [-0.3, -0.25) is 4.79 Å². The van der Waals surface area contributed by atoms with Crippen LogP contribution < -0.4 is 5.32 Å². The molecule has 0 aliphatic carbocycles. The number of amides is 1. The van der Waals surface area contributed by atoms with Crippen molar-refractivity contribution in [3.8, 4) is 0 Å². The van der Waals surface area contributed by atoms with Gasteiger partial charge in [0.25, 0.3) is 0 Å². The SMILES string of the molecule is CC(C)(C)SCCNC(=O)C1CCCN(S(=O)(=O)Cc2ccc(Cl)cc2)C1. The summed E-state index contributed by atoms with van der Waals surface area (Å²) in [6.07, 6.45) is 1.43. The van der Waals surface area contributed by atoms with E-state index in [1.165, 1.54) is 4.31 Å². The molecular weight excluding hydrogens is 404 g/mol. The monoisotopic (exact) mass is 432 g/mol. The molecule has 5 nitrogen and oxygen atoms in total. The summed E-state index contributed by atoms with van der Waals surface area (Å²) in [5.74, 6) is 0.454. The van der Waals surface area contributed by atoms with Crippen LogP contribution in [0.2, 0.25) is 5.02 Å². The average molecular weight is 433 g/mol. The van der Waals surface area contributed by atoms with Crippen LogP contribution in [-0.4, -0.2) is 48.8 Å². The van der Waals surface area contributed by atoms with Gasteiger partial charge >= 0.3 is 0 Å². The summed E-state index contributed by atoms with van der Waals surface area (Å²) in [5, 5.41) is 3.54.